The summed E-state index contributed by atoms with van der Waals surface area (Å²) in [6, 6.07) is 7.11. The van der Waals surface area contributed by atoms with Gasteiger partial charge in [-0.05, 0) is 37.3 Å². The lowest BCUT2D eigenvalue weighted by atomic mass is 10.2. The van der Waals surface area contributed by atoms with Gasteiger partial charge in [0.25, 0.3) is 5.91 Å². The number of halogens is 1. The highest BCUT2D eigenvalue weighted by Crippen LogP contribution is 2.23. The van der Waals surface area contributed by atoms with Gasteiger partial charge in [0.1, 0.15) is 5.76 Å². The Morgan fingerprint density at radius 2 is 2.00 bits per heavy atom. The molecule has 1 atom stereocenters. The van der Waals surface area contributed by atoms with Crippen LogP contribution in [0.4, 0.5) is 0 Å². The van der Waals surface area contributed by atoms with Gasteiger partial charge in [0, 0.05) is 14.1 Å². The van der Waals surface area contributed by atoms with Gasteiger partial charge >= 0.3 is 0 Å². The number of rotatable bonds is 5. The Morgan fingerprint density at radius 1 is 1.30 bits per heavy atom. The minimum absolute atomic E-state index is 0.00250. The van der Waals surface area contributed by atoms with E-state index in [9.17, 15) is 13.2 Å². The third-order valence-corrected chi connectivity index (χ3v) is 5.42. The summed E-state index contributed by atoms with van der Waals surface area (Å²) < 4.78 is 30.6. The molecule has 6 nitrogen and oxygen atoms in total. The molecular weight excluding hydrogens is 340 g/mol. The van der Waals surface area contributed by atoms with Crippen molar-refractivity contribution in [1.29, 1.82) is 0 Å². The third kappa shape index (κ3) is 3.74. The van der Waals surface area contributed by atoms with Crippen LogP contribution >= 0.6 is 11.6 Å². The first kappa shape index (κ1) is 17.5. The zero-order chi connectivity index (χ0) is 17.2. The summed E-state index contributed by atoms with van der Waals surface area (Å²) in [4.78, 5) is 12.4. The van der Waals surface area contributed by atoms with Crippen molar-refractivity contribution >= 4 is 27.5 Å². The predicted octanol–water partition coefficient (Wildman–Crippen LogP) is 2.67. The van der Waals surface area contributed by atoms with Gasteiger partial charge in [-0.1, -0.05) is 11.6 Å². The van der Waals surface area contributed by atoms with E-state index in [4.69, 9.17) is 16.0 Å². The summed E-state index contributed by atoms with van der Waals surface area (Å²) in [6.45, 7) is 1.76. The number of benzene rings is 1. The van der Waals surface area contributed by atoms with Crippen molar-refractivity contribution in [2.24, 2.45) is 0 Å². The fraction of sp³-hybridized carbons (Fsp3) is 0.267. The maximum Gasteiger partial charge on any atom is 0.253 e. The number of carbonyl (C=O) groups is 1. The van der Waals surface area contributed by atoms with Crippen LogP contribution in [0.25, 0.3) is 0 Å². The molecule has 1 aromatic carbocycles. The zero-order valence-electron chi connectivity index (χ0n) is 12.9. The molecule has 2 rings (SSSR count). The van der Waals surface area contributed by atoms with E-state index in [2.05, 4.69) is 5.32 Å². The number of carbonyl (C=O) groups excluding carboxylic acids is 1. The Bertz CT molecular complexity index is 801. The Morgan fingerprint density at radius 3 is 2.57 bits per heavy atom. The highest BCUT2D eigenvalue weighted by molar-refractivity contribution is 7.89. The fourth-order valence-electron chi connectivity index (χ4n) is 1.93. The topological polar surface area (TPSA) is 79.6 Å². The van der Waals surface area contributed by atoms with Crippen molar-refractivity contribution in [2.45, 2.75) is 17.9 Å². The molecule has 1 aromatic heterocycles. The van der Waals surface area contributed by atoms with E-state index >= 15 is 0 Å². The van der Waals surface area contributed by atoms with Gasteiger partial charge in [-0.25, -0.2) is 12.7 Å². The number of amides is 1. The van der Waals surface area contributed by atoms with Gasteiger partial charge in [0.2, 0.25) is 10.0 Å². The second kappa shape index (κ2) is 6.74. The highest BCUT2D eigenvalue weighted by atomic mass is 35.5. The van der Waals surface area contributed by atoms with Crippen molar-refractivity contribution in [2.75, 3.05) is 14.1 Å². The molecule has 8 heteroatoms. The molecule has 0 bridgehead atoms. The monoisotopic (exact) mass is 356 g/mol. The highest BCUT2D eigenvalue weighted by Gasteiger charge is 2.22. The SMILES string of the molecule is C[C@@H](NC(=O)c1cc(S(=O)(=O)N(C)C)ccc1Cl)c1ccco1. The summed E-state index contributed by atoms with van der Waals surface area (Å²) >= 11 is 6.04. The number of nitrogens with one attached hydrogen (secondary N) is 1. The Labute approximate surface area is 140 Å². The molecule has 2 aromatic rings. The molecule has 0 fully saturated rings. The third-order valence-electron chi connectivity index (χ3n) is 3.28. The van der Waals surface area contributed by atoms with Gasteiger partial charge in [-0.15, -0.1) is 0 Å². The van der Waals surface area contributed by atoms with Crippen molar-refractivity contribution < 1.29 is 17.6 Å². The summed E-state index contributed by atoms with van der Waals surface area (Å²) in [5.74, 6) is 0.112. The molecule has 0 aliphatic rings. The summed E-state index contributed by atoms with van der Waals surface area (Å²) in [5, 5.41) is 2.89. The van der Waals surface area contributed by atoms with Crippen LogP contribution in [-0.4, -0.2) is 32.7 Å². The van der Waals surface area contributed by atoms with Crippen LogP contribution in [-0.2, 0) is 10.0 Å². The average Bonchev–Trinajstić information content (AvgIpc) is 3.01. The van der Waals surface area contributed by atoms with Crippen molar-refractivity contribution in [3.8, 4) is 0 Å². The maximum atomic E-state index is 12.4. The van der Waals surface area contributed by atoms with Crippen LogP contribution in [0, 0.1) is 0 Å². The summed E-state index contributed by atoms with van der Waals surface area (Å²) in [6.07, 6.45) is 1.51. The summed E-state index contributed by atoms with van der Waals surface area (Å²) in [5.41, 5.74) is 0.0907. The van der Waals surface area contributed by atoms with Gasteiger partial charge in [-0.3, -0.25) is 4.79 Å². The average molecular weight is 357 g/mol. The van der Waals surface area contributed by atoms with E-state index in [1.54, 1.807) is 19.1 Å². The van der Waals surface area contributed by atoms with Crippen LogP contribution in [0.2, 0.25) is 5.02 Å². The van der Waals surface area contributed by atoms with E-state index < -0.39 is 15.9 Å². The number of sulfonamides is 1. The Balaban J connectivity index is 2.30. The smallest absolute Gasteiger partial charge is 0.253 e. The van der Waals surface area contributed by atoms with Crippen molar-refractivity contribution in [3.63, 3.8) is 0 Å². The number of nitrogens with zero attached hydrogens (tertiary/aromatic N) is 1. The molecule has 0 aliphatic heterocycles. The molecule has 1 heterocycles. The first-order chi connectivity index (χ1) is 10.7. The molecule has 1 N–H and O–H groups in total. The van der Waals surface area contributed by atoms with Gasteiger partial charge in [0.05, 0.1) is 27.8 Å². The van der Waals surface area contributed by atoms with Crippen molar-refractivity contribution in [3.05, 3.63) is 52.9 Å². The molecular formula is C15H17ClN2O4S. The lowest BCUT2D eigenvalue weighted by Crippen LogP contribution is -2.27. The van der Waals surface area contributed by atoms with E-state index in [1.807, 2.05) is 0 Å². The van der Waals surface area contributed by atoms with Crippen LogP contribution in [0.15, 0.2) is 45.9 Å². The molecule has 0 spiro atoms. The van der Waals surface area contributed by atoms with Crippen LogP contribution in [0.1, 0.15) is 29.1 Å². The number of hydrogen-bond acceptors (Lipinski definition) is 4. The standard InChI is InChI=1S/C15H17ClN2O4S/c1-10(14-5-4-8-22-14)17-15(19)12-9-11(6-7-13(12)16)23(20,21)18(2)3/h4-10H,1-3H3,(H,17,19)/t10-/m1/s1. The van der Waals surface area contributed by atoms with Crippen molar-refractivity contribution in [1.82, 2.24) is 9.62 Å². The Kier molecular flexibility index (Phi) is 5.13. The second-order valence-corrected chi connectivity index (χ2v) is 7.70. The molecule has 1 amide bonds. The van der Waals surface area contributed by atoms with E-state index in [0.29, 0.717) is 5.76 Å². The van der Waals surface area contributed by atoms with E-state index in [1.165, 1.54) is 38.6 Å². The molecule has 23 heavy (non-hydrogen) atoms. The van der Waals surface area contributed by atoms with Gasteiger partial charge in [-0.2, -0.15) is 0 Å². The largest absolute Gasteiger partial charge is 0.467 e. The Hall–Kier alpha value is -1.83. The van der Waals surface area contributed by atoms with Crippen LogP contribution < -0.4 is 5.32 Å². The maximum absolute atomic E-state index is 12.4. The minimum Gasteiger partial charge on any atom is -0.467 e. The quantitative estimate of drug-likeness (QED) is 0.893. The van der Waals surface area contributed by atoms with E-state index in [-0.39, 0.29) is 21.5 Å². The lowest BCUT2D eigenvalue weighted by molar-refractivity contribution is 0.0935. The first-order valence-corrected chi connectivity index (χ1v) is 8.61. The zero-order valence-corrected chi connectivity index (χ0v) is 14.5. The summed E-state index contributed by atoms with van der Waals surface area (Å²) in [7, 11) is -0.807. The lowest BCUT2D eigenvalue weighted by Gasteiger charge is -2.15. The van der Waals surface area contributed by atoms with Crippen LogP contribution in [0.5, 0.6) is 0 Å². The molecule has 0 unspecified atom stereocenters. The molecule has 124 valence electrons. The normalized spacial score (nSPS) is 13.1. The predicted molar refractivity (Wildman–Crippen MR) is 86.9 cm³/mol. The molecule has 0 aliphatic carbocycles. The second-order valence-electron chi connectivity index (χ2n) is 5.14. The van der Waals surface area contributed by atoms with Gasteiger partial charge < -0.3 is 9.73 Å². The number of hydrogen-bond donors (Lipinski definition) is 1. The minimum atomic E-state index is -3.65. The van der Waals surface area contributed by atoms with Crippen LogP contribution in [0.3, 0.4) is 0 Å². The molecule has 0 saturated heterocycles. The molecule has 0 radical (unpaired) electrons. The molecule has 0 saturated carbocycles. The first-order valence-electron chi connectivity index (χ1n) is 6.80. The number of furan rings is 1. The van der Waals surface area contributed by atoms with Gasteiger partial charge in [0.15, 0.2) is 0 Å². The fourth-order valence-corrected chi connectivity index (χ4v) is 3.06. The van der Waals surface area contributed by atoms with E-state index in [0.717, 1.165) is 4.31 Å².